The number of hydrogen-bond acceptors (Lipinski definition) is 3. The van der Waals surface area contributed by atoms with Crippen molar-refractivity contribution in [2.75, 3.05) is 26.0 Å². The molecule has 16 heavy (non-hydrogen) atoms. The summed E-state index contributed by atoms with van der Waals surface area (Å²) in [5.41, 5.74) is 8.13. The first-order valence-electron chi connectivity index (χ1n) is 5.39. The second-order valence-electron chi connectivity index (χ2n) is 3.99. The number of methoxy groups -OCH3 is 1. The average molecular weight is 220 g/mol. The molecule has 2 rings (SSSR count). The summed E-state index contributed by atoms with van der Waals surface area (Å²) in [6.07, 6.45) is 0.867. The molecule has 0 radical (unpaired) electrons. The predicted octanol–water partition coefficient (Wildman–Crippen LogP) is 1.26. The van der Waals surface area contributed by atoms with E-state index in [0.29, 0.717) is 18.8 Å². The number of rotatable bonds is 4. The molecule has 0 spiro atoms. The van der Waals surface area contributed by atoms with E-state index in [2.05, 4.69) is 0 Å². The smallest absolute Gasteiger partial charge is 0.254 e. The first kappa shape index (κ1) is 11.0. The number of nitrogen functional groups attached to an aromatic ring is 1. The number of fused-ring (bicyclic) bond motifs is 1. The molecule has 0 atom stereocenters. The van der Waals surface area contributed by atoms with Crippen molar-refractivity contribution < 1.29 is 9.53 Å². The molecule has 1 aliphatic rings. The number of nitrogens with two attached hydrogens (primary N) is 1. The van der Waals surface area contributed by atoms with Gasteiger partial charge in [0.25, 0.3) is 5.91 Å². The molecule has 1 amide bonds. The van der Waals surface area contributed by atoms with E-state index in [-0.39, 0.29) is 5.91 Å². The Morgan fingerprint density at radius 3 is 3.06 bits per heavy atom. The fourth-order valence-corrected chi connectivity index (χ4v) is 1.96. The summed E-state index contributed by atoms with van der Waals surface area (Å²) < 4.78 is 4.98. The number of carbonyl (C=O) groups excluding carboxylic acids is 1. The van der Waals surface area contributed by atoms with Gasteiger partial charge in [0.15, 0.2) is 0 Å². The maximum Gasteiger partial charge on any atom is 0.254 e. The van der Waals surface area contributed by atoms with Crippen LogP contribution in [-0.4, -0.2) is 31.1 Å². The van der Waals surface area contributed by atoms with Crippen LogP contribution in [0.4, 0.5) is 5.69 Å². The van der Waals surface area contributed by atoms with Crippen LogP contribution in [-0.2, 0) is 11.3 Å². The van der Waals surface area contributed by atoms with Crippen molar-refractivity contribution in [3.63, 3.8) is 0 Å². The molecule has 4 nitrogen and oxygen atoms in total. The lowest BCUT2D eigenvalue weighted by Crippen LogP contribution is -2.25. The van der Waals surface area contributed by atoms with Crippen molar-refractivity contribution in [1.29, 1.82) is 0 Å². The Kier molecular flexibility index (Phi) is 3.10. The van der Waals surface area contributed by atoms with Crippen molar-refractivity contribution in [2.24, 2.45) is 0 Å². The monoisotopic (exact) mass is 220 g/mol. The normalized spacial score (nSPS) is 14.3. The third kappa shape index (κ3) is 2.02. The van der Waals surface area contributed by atoms with Crippen molar-refractivity contribution in [1.82, 2.24) is 4.90 Å². The number of anilines is 1. The number of hydrogen-bond donors (Lipinski definition) is 1. The predicted molar refractivity (Wildman–Crippen MR) is 62.1 cm³/mol. The lowest BCUT2D eigenvalue weighted by molar-refractivity contribution is 0.0760. The molecule has 0 saturated heterocycles. The third-order valence-corrected chi connectivity index (χ3v) is 2.79. The molecule has 0 saturated carbocycles. The van der Waals surface area contributed by atoms with Crippen molar-refractivity contribution in [2.45, 2.75) is 13.0 Å². The summed E-state index contributed by atoms with van der Waals surface area (Å²) in [4.78, 5) is 13.8. The third-order valence-electron chi connectivity index (χ3n) is 2.79. The summed E-state index contributed by atoms with van der Waals surface area (Å²) in [5, 5.41) is 0. The summed E-state index contributed by atoms with van der Waals surface area (Å²) in [6, 6.07) is 5.53. The van der Waals surface area contributed by atoms with Gasteiger partial charge in [-0.15, -0.1) is 0 Å². The van der Waals surface area contributed by atoms with Crippen LogP contribution in [0.15, 0.2) is 18.2 Å². The zero-order valence-corrected chi connectivity index (χ0v) is 9.40. The van der Waals surface area contributed by atoms with E-state index >= 15 is 0 Å². The number of carbonyl (C=O) groups is 1. The molecule has 0 aliphatic carbocycles. The SMILES string of the molecule is COCCCN1Cc2ccc(N)cc2C1=O. The van der Waals surface area contributed by atoms with E-state index in [9.17, 15) is 4.79 Å². The molecular formula is C12H16N2O2. The molecule has 0 unspecified atom stereocenters. The zero-order valence-electron chi connectivity index (χ0n) is 9.40. The van der Waals surface area contributed by atoms with E-state index in [0.717, 1.165) is 24.1 Å². The highest BCUT2D eigenvalue weighted by Crippen LogP contribution is 2.24. The van der Waals surface area contributed by atoms with Gasteiger partial charge in [-0.25, -0.2) is 0 Å². The lowest BCUT2D eigenvalue weighted by Gasteiger charge is -2.14. The number of amides is 1. The minimum absolute atomic E-state index is 0.0819. The van der Waals surface area contributed by atoms with Crippen LogP contribution in [0.3, 0.4) is 0 Å². The summed E-state index contributed by atoms with van der Waals surface area (Å²) >= 11 is 0. The molecular weight excluding hydrogens is 204 g/mol. The highest BCUT2D eigenvalue weighted by Gasteiger charge is 2.26. The summed E-state index contributed by atoms with van der Waals surface area (Å²) in [6.45, 7) is 2.11. The van der Waals surface area contributed by atoms with Crippen LogP contribution in [0.5, 0.6) is 0 Å². The van der Waals surface area contributed by atoms with Gasteiger partial charge >= 0.3 is 0 Å². The summed E-state index contributed by atoms with van der Waals surface area (Å²) in [7, 11) is 1.67. The molecule has 4 heteroatoms. The van der Waals surface area contributed by atoms with Crippen LogP contribution >= 0.6 is 0 Å². The van der Waals surface area contributed by atoms with Crippen LogP contribution in [0, 0.1) is 0 Å². The van der Waals surface area contributed by atoms with Gasteiger partial charge in [0.1, 0.15) is 0 Å². The van der Waals surface area contributed by atoms with E-state index in [1.54, 1.807) is 13.2 Å². The molecule has 1 aliphatic heterocycles. The largest absolute Gasteiger partial charge is 0.399 e. The van der Waals surface area contributed by atoms with Crippen LogP contribution in [0.1, 0.15) is 22.3 Å². The van der Waals surface area contributed by atoms with Gasteiger partial charge in [-0.05, 0) is 24.1 Å². The van der Waals surface area contributed by atoms with Gasteiger partial charge in [0.2, 0.25) is 0 Å². The van der Waals surface area contributed by atoms with Crippen LogP contribution in [0.2, 0.25) is 0 Å². The average Bonchev–Trinajstić information content (AvgIpc) is 2.57. The maximum absolute atomic E-state index is 12.0. The van der Waals surface area contributed by atoms with E-state index in [1.807, 2.05) is 17.0 Å². The minimum atomic E-state index is 0.0819. The van der Waals surface area contributed by atoms with Crippen molar-refractivity contribution in [3.05, 3.63) is 29.3 Å². The molecule has 1 heterocycles. The molecule has 1 aromatic rings. The fourth-order valence-electron chi connectivity index (χ4n) is 1.96. The van der Waals surface area contributed by atoms with Gasteiger partial charge in [0.05, 0.1) is 0 Å². The topological polar surface area (TPSA) is 55.6 Å². The highest BCUT2D eigenvalue weighted by atomic mass is 16.5. The van der Waals surface area contributed by atoms with Gasteiger partial charge in [-0.3, -0.25) is 4.79 Å². The molecule has 1 aromatic carbocycles. The Hall–Kier alpha value is -1.55. The first-order valence-corrected chi connectivity index (χ1v) is 5.39. The van der Waals surface area contributed by atoms with Crippen LogP contribution in [0.25, 0.3) is 0 Å². The van der Waals surface area contributed by atoms with Gasteiger partial charge in [-0.1, -0.05) is 6.07 Å². The number of benzene rings is 1. The Morgan fingerprint density at radius 2 is 2.31 bits per heavy atom. The second kappa shape index (κ2) is 4.53. The molecule has 0 aromatic heterocycles. The fraction of sp³-hybridized carbons (Fsp3) is 0.417. The van der Waals surface area contributed by atoms with E-state index in [4.69, 9.17) is 10.5 Å². The Bertz CT molecular complexity index is 404. The van der Waals surface area contributed by atoms with Gasteiger partial charge in [0, 0.05) is 38.1 Å². The van der Waals surface area contributed by atoms with Gasteiger partial charge in [-0.2, -0.15) is 0 Å². The number of ether oxygens (including phenoxy) is 1. The van der Waals surface area contributed by atoms with Crippen molar-refractivity contribution >= 4 is 11.6 Å². The Balaban J connectivity index is 2.06. The quantitative estimate of drug-likeness (QED) is 0.614. The standard InChI is InChI=1S/C12H16N2O2/c1-16-6-2-5-14-8-9-3-4-10(13)7-11(9)12(14)15/h3-4,7H,2,5-6,8,13H2,1H3. The number of nitrogens with zero attached hydrogens (tertiary/aromatic N) is 1. The zero-order chi connectivity index (χ0) is 11.5. The maximum atomic E-state index is 12.0. The highest BCUT2D eigenvalue weighted by molar-refractivity contribution is 5.99. The molecule has 2 N–H and O–H groups in total. The molecule has 0 fully saturated rings. The summed E-state index contributed by atoms with van der Waals surface area (Å²) in [5.74, 6) is 0.0819. The Morgan fingerprint density at radius 1 is 1.50 bits per heavy atom. The minimum Gasteiger partial charge on any atom is -0.399 e. The Labute approximate surface area is 95.0 Å². The molecule has 0 bridgehead atoms. The molecule has 86 valence electrons. The van der Waals surface area contributed by atoms with E-state index in [1.165, 1.54) is 0 Å². The van der Waals surface area contributed by atoms with E-state index < -0.39 is 0 Å². The second-order valence-corrected chi connectivity index (χ2v) is 3.99. The van der Waals surface area contributed by atoms with Crippen molar-refractivity contribution in [3.8, 4) is 0 Å². The van der Waals surface area contributed by atoms with Crippen LogP contribution < -0.4 is 5.73 Å². The van der Waals surface area contributed by atoms with Gasteiger partial charge < -0.3 is 15.4 Å². The lowest BCUT2D eigenvalue weighted by atomic mass is 10.1. The first-order chi connectivity index (χ1) is 7.72.